The second-order valence-corrected chi connectivity index (χ2v) is 4.60. The first-order valence-electron chi connectivity index (χ1n) is 6.48. The fourth-order valence-corrected chi connectivity index (χ4v) is 1.78. The third-order valence-electron chi connectivity index (χ3n) is 2.86. The zero-order valence-corrected chi connectivity index (χ0v) is 11.6. The summed E-state index contributed by atoms with van der Waals surface area (Å²) in [7, 11) is 0. The third kappa shape index (κ3) is 5.05. The van der Waals surface area contributed by atoms with Crippen LogP contribution >= 0.6 is 0 Å². The number of alkyl halides is 5. The first-order valence-corrected chi connectivity index (χ1v) is 6.48. The Morgan fingerprint density at radius 3 is 2.48 bits per heavy atom. The van der Waals surface area contributed by atoms with Gasteiger partial charge in [0, 0.05) is 11.1 Å². The van der Waals surface area contributed by atoms with Crippen LogP contribution in [0.4, 0.5) is 22.0 Å². The maximum Gasteiger partial charge on any atom is 0.416 e. The molecule has 2 aromatic rings. The van der Waals surface area contributed by atoms with Crippen molar-refractivity contribution in [2.75, 3.05) is 0 Å². The summed E-state index contributed by atoms with van der Waals surface area (Å²) in [6.45, 7) is -0.0908. The van der Waals surface area contributed by atoms with Crippen LogP contribution in [0.15, 0.2) is 53.7 Å². The molecule has 1 radical (unpaired) electrons. The van der Waals surface area contributed by atoms with Gasteiger partial charge in [-0.05, 0) is 23.8 Å². The molecular weight excluding hydrogens is 317 g/mol. The molecule has 0 atom stereocenters. The summed E-state index contributed by atoms with van der Waals surface area (Å²) in [4.78, 5) is 4.87. The molecule has 121 valence electrons. The SMILES string of the molecule is FC(F)c1cccc(CO/N=[C]\c2cccc(C(F)(F)F)c2)c1. The van der Waals surface area contributed by atoms with Crippen LogP contribution in [0.25, 0.3) is 0 Å². The number of nitrogens with zero attached hydrogens (tertiary/aromatic N) is 1. The van der Waals surface area contributed by atoms with E-state index in [0.29, 0.717) is 5.56 Å². The normalized spacial score (nSPS) is 12.1. The molecule has 2 aromatic carbocycles. The second kappa shape index (κ2) is 7.21. The molecular formula is C16H11F5NO. The fraction of sp³-hybridized carbons (Fsp3) is 0.188. The lowest BCUT2D eigenvalue weighted by Gasteiger charge is -2.06. The molecule has 0 spiro atoms. The van der Waals surface area contributed by atoms with Crippen molar-refractivity contribution in [3.8, 4) is 0 Å². The van der Waals surface area contributed by atoms with Crippen molar-refractivity contribution in [3.63, 3.8) is 0 Å². The molecule has 0 aliphatic rings. The van der Waals surface area contributed by atoms with E-state index in [0.717, 1.165) is 12.1 Å². The Hall–Kier alpha value is -2.44. The highest BCUT2D eigenvalue weighted by Gasteiger charge is 2.30. The zero-order valence-electron chi connectivity index (χ0n) is 11.6. The number of halogens is 5. The van der Waals surface area contributed by atoms with E-state index in [9.17, 15) is 22.0 Å². The van der Waals surface area contributed by atoms with Gasteiger partial charge in [0.05, 0.1) is 5.56 Å². The summed E-state index contributed by atoms with van der Waals surface area (Å²) in [5.74, 6) is 0. The quantitative estimate of drug-likeness (QED) is 0.426. The summed E-state index contributed by atoms with van der Waals surface area (Å²) in [6, 6.07) is 10.0. The van der Waals surface area contributed by atoms with Crippen LogP contribution in [0, 0.1) is 0 Å². The molecule has 0 heterocycles. The Kier molecular flexibility index (Phi) is 5.31. The smallest absolute Gasteiger partial charge is 0.390 e. The maximum absolute atomic E-state index is 12.5. The topological polar surface area (TPSA) is 21.6 Å². The molecule has 7 heteroatoms. The van der Waals surface area contributed by atoms with Crippen LogP contribution in [-0.4, -0.2) is 6.21 Å². The highest BCUT2D eigenvalue weighted by atomic mass is 19.4. The Balaban J connectivity index is 1.96. The third-order valence-corrected chi connectivity index (χ3v) is 2.86. The molecule has 0 N–H and O–H groups in total. The highest BCUT2D eigenvalue weighted by Crippen LogP contribution is 2.29. The monoisotopic (exact) mass is 328 g/mol. The van der Waals surface area contributed by atoms with Crippen LogP contribution in [0.2, 0.25) is 0 Å². The van der Waals surface area contributed by atoms with Gasteiger partial charge in [-0.25, -0.2) is 8.78 Å². The number of hydrogen-bond donors (Lipinski definition) is 0. The van der Waals surface area contributed by atoms with Gasteiger partial charge in [-0.2, -0.15) is 13.2 Å². The summed E-state index contributed by atoms with van der Waals surface area (Å²) in [5, 5.41) is 3.43. The molecule has 23 heavy (non-hydrogen) atoms. The maximum atomic E-state index is 12.5. The van der Waals surface area contributed by atoms with Gasteiger partial charge in [0.1, 0.15) is 12.8 Å². The largest absolute Gasteiger partial charge is 0.416 e. The van der Waals surface area contributed by atoms with Gasteiger partial charge < -0.3 is 4.84 Å². The van der Waals surface area contributed by atoms with Crippen LogP contribution in [0.1, 0.15) is 28.7 Å². The Morgan fingerprint density at radius 1 is 1.04 bits per heavy atom. The molecule has 0 aliphatic heterocycles. The van der Waals surface area contributed by atoms with Crippen molar-refractivity contribution in [2.45, 2.75) is 19.2 Å². The lowest BCUT2D eigenvalue weighted by Crippen LogP contribution is -2.05. The minimum absolute atomic E-state index is 0.0908. The predicted octanol–water partition coefficient (Wildman–Crippen LogP) is 5.07. The van der Waals surface area contributed by atoms with E-state index in [1.54, 1.807) is 6.07 Å². The van der Waals surface area contributed by atoms with Gasteiger partial charge in [-0.15, -0.1) is 0 Å². The van der Waals surface area contributed by atoms with Crippen molar-refractivity contribution >= 4 is 6.21 Å². The minimum Gasteiger partial charge on any atom is -0.390 e. The minimum atomic E-state index is -4.45. The molecule has 2 rings (SSSR count). The van der Waals surface area contributed by atoms with E-state index >= 15 is 0 Å². The van der Waals surface area contributed by atoms with Gasteiger partial charge in [-0.3, -0.25) is 0 Å². The van der Waals surface area contributed by atoms with Gasteiger partial charge in [-0.1, -0.05) is 35.5 Å². The van der Waals surface area contributed by atoms with Gasteiger partial charge >= 0.3 is 6.18 Å². The Bertz CT molecular complexity index is 682. The molecule has 0 saturated carbocycles. The highest BCUT2D eigenvalue weighted by molar-refractivity contribution is 5.79. The van der Waals surface area contributed by atoms with Crippen molar-refractivity contribution in [3.05, 3.63) is 70.8 Å². The van der Waals surface area contributed by atoms with E-state index in [1.165, 1.54) is 30.3 Å². The summed E-state index contributed by atoms with van der Waals surface area (Å²) in [6.07, 6.45) is -4.72. The standard InChI is InChI=1S/C16H11F5NO/c17-15(18)13-5-1-4-12(7-13)10-23-22-9-11-3-2-6-14(8-11)16(19,20)21/h1-8,15H,10H2. The van der Waals surface area contributed by atoms with Gasteiger partial charge in [0.15, 0.2) is 0 Å². The van der Waals surface area contributed by atoms with Gasteiger partial charge in [0.2, 0.25) is 0 Å². The molecule has 2 nitrogen and oxygen atoms in total. The average Bonchev–Trinajstić information content (AvgIpc) is 2.51. The first-order chi connectivity index (χ1) is 10.9. The first kappa shape index (κ1) is 16.9. The van der Waals surface area contributed by atoms with E-state index in [2.05, 4.69) is 11.4 Å². The second-order valence-electron chi connectivity index (χ2n) is 4.60. The molecule has 0 amide bonds. The molecule has 0 bridgehead atoms. The predicted molar refractivity (Wildman–Crippen MR) is 74.2 cm³/mol. The molecule has 0 saturated heterocycles. The fourth-order valence-electron chi connectivity index (χ4n) is 1.78. The average molecular weight is 328 g/mol. The lowest BCUT2D eigenvalue weighted by atomic mass is 10.1. The van der Waals surface area contributed by atoms with Crippen molar-refractivity contribution < 1.29 is 26.8 Å². The summed E-state index contributed by atoms with van der Waals surface area (Å²) in [5.41, 5.74) is -0.391. The van der Waals surface area contributed by atoms with E-state index < -0.39 is 18.2 Å². The Morgan fingerprint density at radius 2 is 1.78 bits per heavy atom. The molecule has 0 fully saturated rings. The number of hydrogen-bond acceptors (Lipinski definition) is 2. The Labute approximate surface area is 129 Å². The lowest BCUT2D eigenvalue weighted by molar-refractivity contribution is -0.137. The molecule has 0 aromatic heterocycles. The van der Waals surface area contributed by atoms with Crippen molar-refractivity contribution in [1.82, 2.24) is 0 Å². The number of benzene rings is 2. The van der Waals surface area contributed by atoms with Crippen LogP contribution < -0.4 is 0 Å². The van der Waals surface area contributed by atoms with Crippen LogP contribution in [0.3, 0.4) is 0 Å². The summed E-state index contributed by atoms with van der Waals surface area (Å²) >= 11 is 0. The van der Waals surface area contributed by atoms with Crippen molar-refractivity contribution in [1.29, 1.82) is 0 Å². The molecule has 0 aliphatic carbocycles. The number of rotatable bonds is 5. The zero-order chi connectivity index (χ0) is 16.9. The summed E-state index contributed by atoms with van der Waals surface area (Å²) < 4.78 is 62.6. The van der Waals surface area contributed by atoms with Crippen molar-refractivity contribution in [2.24, 2.45) is 5.16 Å². The van der Waals surface area contributed by atoms with Crippen LogP contribution in [-0.2, 0) is 17.6 Å². The van der Waals surface area contributed by atoms with E-state index in [4.69, 9.17) is 4.84 Å². The van der Waals surface area contributed by atoms with E-state index in [-0.39, 0.29) is 17.7 Å². The molecule has 0 unspecified atom stereocenters. The van der Waals surface area contributed by atoms with Crippen LogP contribution in [0.5, 0.6) is 0 Å². The van der Waals surface area contributed by atoms with E-state index in [1.807, 2.05) is 0 Å². The van der Waals surface area contributed by atoms with Gasteiger partial charge in [0.25, 0.3) is 6.43 Å².